The van der Waals surface area contributed by atoms with Crippen molar-refractivity contribution in [3.63, 3.8) is 0 Å². The average molecular weight is 401 g/mol. The largest absolute Gasteiger partial charge is 0.349 e. The smallest absolute Gasteiger partial charge is 0.228 e. The lowest BCUT2D eigenvalue weighted by atomic mass is 10.0. The Kier molecular flexibility index (Phi) is 6.10. The molecule has 1 atom stereocenters. The van der Waals surface area contributed by atoms with E-state index in [4.69, 9.17) is 0 Å². The highest BCUT2D eigenvalue weighted by atomic mass is 32.1. The number of benzene rings is 2. The standard InChI is InChI=1S/C20H17F2N3O2S/c1-12(26)23-17(13-5-3-2-4-6-13)10-19(27)25-20-24-18(11-28-20)14-7-8-15(21)16(22)9-14/h2-9,11,17H,10H2,1H3,(H,23,26)(H,24,25,27)/t17-/m0/s1. The third-order valence-electron chi connectivity index (χ3n) is 3.93. The van der Waals surface area contributed by atoms with Crippen molar-refractivity contribution in [3.8, 4) is 11.3 Å². The van der Waals surface area contributed by atoms with E-state index in [9.17, 15) is 18.4 Å². The minimum Gasteiger partial charge on any atom is -0.349 e. The number of hydrogen-bond donors (Lipinski definition) is 2. The molecule has 0 bridgehead atoms. The van der Waals surface area contributed by atoms with Gasteiger partial charge in [0.05, 0.1) is 18.2 Å². The second-order valence-corrected chi connectivity index (χ2v) is 6.94. The van der Waals surface area contributed by atoms with Crippen LogP contribution in [-0.2, 0) is 9.59 Å². The quantitative estimate of drug-likeness (QED) is 0.647. The van der Waals surface area contributed by atoms with E-state index in [1.165, 1.54) is 24.3 Å². The van der Waals surface area contributed by atoms with Crippen molar-refractivity contribution < 1.29 is 18.4 Å². The summed E-state index contributed by atoms with van der Waals surface area (Å²) in [6.45, 7) is 1.39. The van der Waals surface area contributed by atoms with E-state index >= 15 is 0 Å². The van der Waals surface area contributed by atoms with Crippen molar-refractivity contribution in [3.05, 3.63) is 71.1 Å². The third-order valence-corrected chi connectivity index (χ3v) is 4.69. The topological polar surface area (TPSA) is 71.1 Å². The van der Waals surface area contributed by atoms with Gasteiger partial charge in [-0.2, -0.15) is 0 Å². The molecule has 0 aliphatic rings. The first-order chi connectivity index (χ1) is 13.4. The van der Waals surface area contributed by atoms with Gasteiger partial charge in [-0.3, -0.25) is 9.59 Å². The number of nitrogens with zero attached hydrogens (tertiary/aromatic N) is 1. The molecule has 0 saturated heterocycles. The number of aromatic nitrogens is 1. The Labute approximate surface area is 164 Å². The summed E-state index contributed by atoms with van der Waals surface area (Å²) in [5, 5.41) is 7.42. The molecule has 3 rings (SSSR count). The summed E-state index contributed by atoms with van der Waals surface area (Å²) < 4.78 is 26.5. The van der Waals surface area contributed by atoms with Gasteiger partial charge in [-0.05, 0) is 23.8 Å². The first kappa shape index (κ1) is 19.6. The predicted octanol–water partition coefficient (Wildman–Crippen LogP) is 4.29. The molecule has 0 unspecified atom stereocenters. The van der Waals surface area contributed by atoms with Crippen molar-refractivity contribution in [2.45, 2.75) is 19.4 Å². The van der Waals surface area contributed by atoms with Crippen LogP contribution in [-0.4, -0.2) is 16.8 Å². The van der Waals surface area contributed by atoms with Crippen LogP contribution in [0.4, 0.5) is 13.9 Å². The molecule has 144 valence electrons. The first-order valence-corrected chi connectivity index (χ1v) is 9.33. The fourth-order valence-corrected chi connectivity index (χ4v) is 3.39. The zero-order valence-electron chi connectivity index (χ0n) is 14.9. The lowest BCUT2D eigenvalue weighted by Gasteiger charge is -2.17. The number of thiazole rings is 1. The Morgan fingerprint density at radius 3 is 2.54 bits per heavy atom. The summed E-state index contributed by atoms with van der Waals surface area (Å²) in [5.74, 6) is -2.46. The van der Waals surface area contributed by atoms with E-state index in [1.54, 1.807) is 5.38 Å². The summed E-state index contributed by atoms with van der Waals surface area (Å²) in [6, 6.07) is 12.2. The van der Waals surface area contributed by atoms with E-state index in [0.29, 0.717) is 16.4 Å². The van der Waals surface area contributed by atoms with Gasteiger partial charge in [-0.1, -0.05) is 30.3 Å². The minimum absolute atomic E-state index is 0.0314. The van der Waals surface area contributed by atoms with Gasteiger partial charge >= 0.3 is 0 Å². The molecule has 28 heavy (non-hydrogen) atoms. The molecule has 8 heteroatoms. The van der Waals surface area contributed by atoms with Crippen LogP contribution in [0.1, 0.15) is 24.9 Å². The van der Waals surface area contributed by atoms with Gasteiger partial charge in [0.2, 0.25) is 11.8 Å². The molecule has 0 saturated carbocycles. The van der Waals surface area contributed by atoms with Crippen molar-refractivity contribution >= 4 is 28.3 Å². The lowest BCUT2D eigenvalue weighted by molar-refractivity contribution is -0.120. The lowest BCUT2D eigenvalue weighted by Crippen LogP contribution is -2.29. The van der Waals surface area contributed by atoms with Crippen LogP contribution in [0.3, 0.4) is 0 Å². The van der Waals surface area contributed by atoms with Crippen molar-refractivity contribution in [1.29, 1.82) is 0 Å². The van der Waals surface area contributed by atoms with Gasteiger partial charge in [0.1, 0.15) is 0 Å². The van der Waals surface area contributed by atoms with Crippen LogP contribution in [0.5, 0.6) is 0 Å². The Morgan fingerprint density at radius 1 is 1.11 bits per heavy atom. The highest BCUT2D eigenvalue weighted by molar-refractivity contribution is 7.14. The summed E-state index contributed by atoms with van der Waals surface area (Å²) in [5.41, 5.74) is 1.66. The normalized spacial score (nSPS) is 11.7. The molecule has 1 heterocycles. The van der Waals surface area contributed by atoms with Crippen LogP contribution in [0.25, 0.3) is 11.3 Å². The van der Waals surface area contributed by atoms with E-state index < -0.39 is 17.7 Å². The minimum atomic E-state index is -0.961. The van der Waals surface area contributed by atoms with Crippen LogP contribution in [0.2, 0.25) is 0 Å². The maximum atomic E-state index is 13.4. The fourth-order valence-electron chi connectivity index (χ4n) is 2.66. The Balaban J connectivity index is 1.69. The molecular weight excluding hydrogens is 384 g/mol. The molecule has 0 fully saturated rings. The highest BCUT2D eigenvalue weighted by Crippen LogP contribution is 2.26. The van der Waals surface area contributed by atoms with Crippen molar-refractivity contribution in [1.82, 2.24) is 10.3 Å². The summed E-state index contributed by atoms with van der Waals surface area (Å²) in [4.78, 5) is 28.1. The highest BCUT2D eigenvalue weighted by Gasteiger charge is 2.18. The second kappa shape index (κ2) is 8.71. The summed E-state index contributed by atoms with van der Waals surface area (Å²) >= 11 is 1.17. The van der Waals surface area contributed by atoms with E-state index in [0.717, 1.165) is 17.7 Å². The maximum Gasteiger partial charge on any atom is 0.228 e. The number of anilines is 1. The molecule has 0 spiro atoms. The van der Waals surface area contributed by atoms with Gasteiger partial charge in [-0.15, -0.1) is 11.3 Å². The molecule has 5 nitrogen and oxygen atoms in total. The van der Waals surface area contributed by atoms with Crippen molar-refractivity contribution in [2.75, 3.05) is 5.32 Å². The number of nitrogens with one attached hydrogen (secondary N) is 2. The Hall–Kier alpha value is -3.13. The van der Waals surface area contributed by atoms with Crippen LogP contribution < -0.4 is 10.6 Å². The number of hydrogen-bond acceptors (Lipinski definition) is 4. The summed E-state index contributed by atoms with van der Waals surface area (Å²) in [6.07, 6.45) is 0.0314. The molecule has 1 aromatic heterocycles. The Bertz CT molecular complexity index is 992. The van der Waals surface area contributed by atoms with Gasteiger partial charge < -0.3 is 10.6 Å². The molecule has 3 aromatic rings. The van der Waals surface area contributed by atoms with Crippen molar-refractivity contribution in [2.24, 2.45) is 0 Å². The number of rotatable bonds is 6. The van der Waals surface area contributed by atoms with Gasteiger partial charge in [0.25, 0.3) is 0 Å². The zero-order chi connectivity index (χ0) is 20.1. The van der Waals surface area contributed by atoms with Gasteiger partial charge in [0.15, 0.2) is 16.8 Å². The molecular formula is C20H17F2N3O2S. The number of amides is 2. The second-order valence-electron chi connectivity index (χ2n) is 6.08. The van der Waals surface area contributed by atoms with E-state index in [2.05, 4.69) is 15.6 Å². The maximum absolute atomic E-state index is 13.4. The monoisotopic (exact) mass is 401 g/mol. The Morgan fingerprint density at radius 2 is 1.86 bits per heavy atom. The van der Waals surface area contributed by atoms with Crippen LogP contribution in [0.15, 0.2) is 53.9 Å². The molecule has 0 radical (unpaired) electrons. The number of carbonyl (C=O) groups excluding carboxylic acids is 2. The summed E-state index contributed by atoms with van der Waals surface area (Å²) in [7, 11) is 0. The average Bonchev–Trinajstić information content (AvgIpc) is 3.12. The molecule has 2 amide bonds. The van der Waals surface area contributed by atoms with E-state index in [1.807, 2.05) is 30.3 Å². The fraction of sp³-hybridized carbons (Fsp3) is 0.150. The van der Waals surface area contributed by atoms with Crippen LogP contribution in [0, 0.1) is 11.6 Å². The molecule has 2 aromatic carbocycles. The van der Waals surface area contributed by atoms with Gasteiger partial charge in [0, 0.05) is 17.9 Å². The molecule has 2 N–H and O–H groups in total. The molecule has 0 aliphatic carbocycles. The number of carbonyl (C=O) groups is 2. The molecule has 0 aliphatic heterocycles. The van der Waals surface area contributed by atoms with Crippen LogP contribution >= 0.6 is 11.3 Å². The van der Waals surface area contributed by atoms with E-state index in [-0.39, 0.29) is 18.2 Å². The zero-order valence-corrected chi connectivity index (χ0v) is 15.7. The predicted molar refractivity (Wildman–Crippen MR) is 104 cm³/mol. The SMILES string of the molecule is CC(=O)N[C@@H](CC(=O)Nc1nc(-c2ccc(F)c(F)c2)cs1)c1ccccc1. The third kappa shape index (κ3) is 4.98. The first-order valence-electron chi connectivity index (χ1n) is 8.45. The van der Waals surface area contributed by atoms with Gasteiger partial charge in [-0.25, -0.2) is 13.8 Å². The number of halogens is 2.